The molecular weight excluding hydrogens is 789 g/mol. The Bertz CT molecular complexity index is 1370. The SMILES string of the molecule is CC/C=C\C/C=C\C/C=C\C/C=C\C/C=C\C/C=C\C/C=C\CCCC(=O)OC(CO)COC(=O)CCCCCCCCCCCCCCCC/C=C\C/C=C\C/C=C\C/C=C\CC. The van der Waals surface area contributed by atoms with Gasteiger partial charge >= 0.3 is 11.9 Å². The Labute approximate surface area is 394 Å². The van der Waals surface area contributed by atoms with Crippen molar-refractivity contribution in [3.05, 3.63) is 134 Å². The fourth-order valence-electron chi connectivity index (χ4n) is 6.65. The maximum Gasteiger partial charge on any atom is 0.306 e. The number of unbranched alkanes of at least 4 members (excludes halogenated alkanes) is 15. The van der Waals surface area contributed by atoms with E-state index < -0.39 is 6.10 Å². The van der Waals surface area contributed by atoms with Crippen LogP contribution < -0.4 is 0 Å². The van der Waals surface area contributed by atoms with Crippen LogP contribution in [0.2, 0.25) is 0 Å². The Morgan fingerprint density at radius 1 is 0.359 bits per heavy atom. The second-order valence-corrected chi connectivity index (χ2v) is 16.5. The largest absolute Gasteiger partial charge is 0.462 e. The first kappa shape index (κ1) is 60.0. The minimum Gasteiger partial charge on any atom is -0.462 e. The van der Waals surface area contributed by atoms with E-state index in [1.165, 1.54) is 77.0 Å². The van der Waals surface area contributed by atoms with Crippen molar-refractivity contribution >= 4 is 11.9 Å². The van der Waals surface area contributed by atoms with Crippen LogP contribution in [0.25, 0.3) is 0 Å². The van der Waals surface area contributed by atoms with Crippen molar-refractivity contribution in [3.63, 3.8) is 0 Å². The van der Waals surface area contributed by atoms with Gasteiger partial charge in [0.15, 0.2) is 6.10 Å². The van der Waals surface area contributed by atoms with Crippen molar-refractivity contribution in [2.24, 2.45) is 0 Å². The third kappa shape index (κ3) is 50.7. The minimum absolute atomic E-state index is 0.0976. The normalized spacial score (nSPS) is 13.4. The lowest BCUT2D eigenvalue weighted by atomic mass is 10.0. The first-order valence-corrected chi connectivity index (χ1v) is 25.7. The second kappa shape index (κ2) is 53.4. The lowest BCUT2D eigenvalue weighted by Gasteiger charge is -2.15. The van der Waals surface area contributed by atoms with Crippen LogP contribution >= 0.6 is 0 Å². The molecule has 0 heterocycles. The second-order valence-electron chi connectivity index (χ2n) is 16.5. The van der Waals surface area contributed by atoms with Crippen molar-refractivity contribution in [1.29, 1.82) is 0 Å². The summed E-state index contributed by atoms with van der Waals surface area (Å²) in [6.07, 6.45) is 79.8. The number of aliphatic hydroxyl groups excluding tert-OH is 1. The number of hydrogen-bond acceptors (Lipinski definition) is 5. The summed E-state index contributed by atoms with van der Waals surface area (Å²) in [5.74, 6) is -0.669. The van der Waals surface area contributed by atoms with Gasteiger partial charge in [0, 0.05) is 12.8 Å². The zero-order chi connectivity index (χ0) is 46.3. The molecule has 0 radical (unpaired) electrons. The molecule has 0 saturated carbocycles. The zero-order valence-electron chi connectivity index (χ0n) is 41.0. The molecule has 0 aliphatic heterocycles. The quantitative estimate of drug-likeness (QED) is 0.0375. The molecule has 5 heteroatoms. The van der Waals surface area contributed by atoms with Gasteiger partial charge in [0.25, 0.3) is 0 Å². The number of aliphatic hydroxyl groups is 1. The van der Waals surface area contributed by atoms with Gasteiger partial charge in [0.05, 0.1) is 6.61 Å². The van der Waals surface area contributed by atoms with E-state index in [1.807, 2.05) is 0 Å². The number of esters is 2. The molecule has 0 aromatic rings. The molecular formula is C59H94O5. The molecule has 1 N–H and O–H groups in total. The van der Waals surface area contributed by atoms with Gasteiger partial charge in [-0.05, 0) is 103 Å². The van der Waals surface area contributed by atoms with E-state index in [1.54, 1.807) is 0 Å². The summed E-state index contributed by atoms with van der Waals surface area (Å²) < 4.78 is 10.6. The number of carbonyl (C=O) groups is 2. The van der Waals surface area contributed by atoms with Gasteiger partial charge < -0.3 is 14.6 Å². The molecule has 64 heavy (non-hydrogen) atoms. The van der Waals surface area contributed by atoms with E-state index in [0.29, 0.717) is 12.8 Å². The summed E-state index contributed by atoms with van der Waals surface area (Å²) in [7, 11) is 0. The average Bonchev–Trinajstić information content (AvgIpc) is 3.30. The van der Waals surface area contributed by atoms with Gasteiger partial charge in [0.1, 0.15) is 6.61 Å². The van der Waals surface area contributed by atoms with E-state index in [0.717, 1.165) is 96.3 Å². The van der Waals surface area contributed by atoms with E-state index >= 15 is 0 Å². The molecule has 1 unspecified atom stereocenters. The maximum absolute atomic E-state index is 12.2. The Morgan fingerprint density at radius 3 is 0.984 bits per heavy atom. The first-order valence-electron chi connectivity index (χ1n) is 25.7. The van der Waals surface area contributed by atoms with Crippen molar-refractivity contribution in [3.8, 4) is 0 Å². The van der Waals surface area contributed by atoms with Crippen LogP contribution in [0.4, 0.5) is 0 Å². The topological polar surface area (TPSA) is 72.8 Å². The van der Waals surface area contributed by atoms with Crippen LogP contribution in [0, 0.1) is 0 Å². The van der Waals surface area contributed by atoms with Gasteiger partial charge in [-0.15, -0.1) is 0 Å². The summed E-state index contributed by atoms with van der Waals surface area (Å²) in [5, 5.41) is 9.62. The number of hydrogen-bond donors (Lipinski definition) is 1. The highest BCUT2D eigenvalue weighted by molar-refractivity contribution is 5.70. The highest BCUT2D eigenvalue weighted by Gasteiger charge is 2.16. The number of carbonyl (C=O) groups excluding carboxylic acids is 2. The van der Waals surface area contributed by atoms with Crippen molar-refractivity contribution in [2.75, 3.05) is 13.2 Å². The molecule has 5 nitrogen and oxygen atoms in total. The van der Waals surface area contributed by atoms with Gasteiger partial charge in [-0.2, -0.15) is 0 Å². The highest BCUT2D eigenvalue weighted by Crippen LogP contribution is 2.14. The van der Waals surface area contributed by atoms with Crippen molar-refractivity contribution < 1.29 is 24.2 Å². The lowest BCUT2D eigenvalue weighted by Crippen LogP contribution is -2.28. The third-order valence-electron chi connectivity index (χ3n) is 10.4. The molecule has 0 saturated heterocycles. The van der Waals surface area contributed by atoms with Gasteiger partial charge in [-0.25, -0.2) is 0 Å². The van der Waals surface area contributed by atoms with Gasteiger partial charge in [-0.3, -0.25) is 9.59 Å². The standard InChI is InChI=1S/C59H94O5/c1-3-5-7-9-11-13-15-17-19-21-23-25-27-28-29-30-32-33-35-37-39-41-43-45-47-49-51-53-58(61)63-56-57(55-60)64-59(62)54-52-50-48-46-44-42-40-38-36-34-31-26-24-22-20-18-16-14-12-10-8-6-4-2/h5-8,11-14,17-20,23-26,34,36,40,42,46,48,57,60H,3-4,9-10,15-16,21-22,27-33,35,37-39,41,43-45,47,49-56H2,1-2H3/b7-5-,8-6-,13-11-,14-12-,19-17-,20-18-,25-23-,26-24-,36-34-,42-40-,48-46-. The van der Waals surface area contributed by atoms with Gasteiger partial charge in [0.2, 0.25) is 0 Å². The lowest BCUT2D eigenvalue weighted by molar-refractivity contribution is -0.161. The van der Waals surface area contributed by atoms with Crippen LogP contribution in [0.3, 0.4) is 0 Å². The third-order valence-corrected chi connectivity index (χ3v) is 10.4. The predicted octanol–water partition coefficient (Wildman–Crippen LogP) is 17.3. The van der Waals surface area contributed by atoms with E-state index in [9.17, 15) is 14.7 Å². The smallest absolute Gasteiger partial charge is 0.306 e. The molecule has 0 amide bonds. The number of ether oxygens (including phenoxy) is 2. The van der Waals surface area contributed by atoms with Crippen LogP contribution in [0.1, 0.15) is 206 Å². The summed E-state index contributed by atoms with van der Waals surface area (Å²) >= 11 is 0. The Hall–Kier alpha value is -3.96. The Kier molecular flexibility index (Phi) is 50.1. The molecule has 0 rings (SSSR count). The molecule has 1 atom stereocenters. The monoisotopic (exact) mass is 883 g/mol. The summed E-state index contributed by atoms with van der Waals surface area (Å²) in [6, 6.07) is 0. The molecule has 0 fully saturated rings. The number of rotatable bonds is 45. The van der Waals surface area contributed by atoms with E-state index in [-0.39, 0.29) is 31.6 Å². The summed E-state index contributed by atoms with van der Waals surface area (Å²) in [6.45, 7) is 3.86. The molecule has 0 aromatic heterocycles. The maximum atomic E-state index is 12.2. The molecule has 0 bridgehead atoms. The molecule has 0 aliphatic carbocycles. The van der Waals surface area contributed by atoms with Gasteiger partial charge in [-0.1, -0.05) is 225 Å². The zero-order valence-corrected chi connectivity index (χ0v) is 41.0. The predicted molar refractivity (Wildman–Crippen MR) is 278 cm³/mol. The van der Waals surface area contributed by atoms with E-state index in [4.69, 9.17) is 9.47 Å². The fraction of sp³-hybridized carbons (Fsp3) is 0.593. The van der Waals surface area contributed by atoms with Crippen LogP contribution in [0.15, 0.2) is 134 Å². The van der Waals surface area contributed by atoms with Crippen LogP contribution in [-0.2, 0) is 19.1 Å². The molecule has 0 spiro atoms. The van der Waals surface area contributed by atoms with Crippen molar-refractivity contribution in [2.45, 2.75) is 213 Å². The molecule has 0 aliphatic rings. The first-order chi connectivity index (χ1) is 31.6. The average molecular weight is 883 g/mol. The summed E-state index contributed by atoms with van der Waals surface area (Å²) in [4.78, 5) is 24.4. The molecule has 360 valence electrons. The fourth-order valence-corrected chi connectivity index (χ4v) is 6.65. The number of allylic oxidation sites excluding steroid dienone is 22. The summed E-state index contributed by atoms with van der Waals surface area (Å²) in [5.41, 5.74) is 0. The Morgan fingerprint density at radius 2 is 0.641 bits per heavy atom. The van der Waals surface area contributed by atoms with Crippen molar-refractivity contribution in [1.82, 2.24) is 0 Å². The minimum atomic E-state index is -0.813. The van der Waals surface area contributed by atoms with Crippen LogP contribution in [-0.4, -0.2) is 36.4 Å². The Balaban J connectivity index is 3.63. The van der Waals surface area contributed by atoms with E-state index in [2.05, 4.69) is 148 Å². The molecule has 0 aromatic carbocycles. The van der Waals surface area contributed by atoms with Crippen LogP contribution in [0.5, 0.6) is 0 Å². The highest BCUT2D eigenvalue weighted by atomic mass is 16.6.